The van der Waals surface area contributed by atoms with Crippen LogP contribution in [0.4, 0.5) is 4.39 Å². The molecule has 3 heteroatoms. The number of hydrogen-bond acceptors (Lipinski definition) is 2. The van der Waals surface area contributed by atoms with Crippen molar-refractivity contribution in [2.24, 2.45) is 5.92 Å². The van der Waals surface area contributed by atoms with Gasteiger partial charge in [0.2, 0.25) is 0 Å². The summed E-state index contributed by atoms with van der Waals surface area (Å²) in [6.07, 6.45) is 0.902. The molecule has 0 bridgehead atoms. The topological polar surface area (TPSA) is 26.3 Å². The largest absolute Gasteiger partial charge is 0.455 e. The molecular formula is C13H15FO2. The number of carbonyl (C=O) groups is 1. The van der Waals surface area contributed by atoms with Gasteiger partial charge >= 0.3 is 5.97 Å². The molecule has 2 unspecified atom stereocenters. The Morgan fingerprint density at radius 1 is 1.56 bits per heavy atom. The number of benzene rings is 1. The molecule has 0 aromatic heterocycles. The van der Waals surface area contributed by atoms with Gasteiger partial charge in [-0.15, -0.1) is 0 Å². The average Bonchev–Trinajstić information content (AvgIpc) is 2.78. The Kier molecular flexibility index (Phi) is 2.49. The van der Waals surface area contributed by atoms with Gasteiger partial charge in [-0.25, -0.2) is 9.18 Å². The first-order valence-electron chi connectivity index (χ1n) is 5.42. The van der Waals surface area contributed by atoms with E-state index in [1.54, 1.807) is 6.92 Å². The van der Waals surface area contributed by atoms with Crippen LogP contribution in [0.2, 0.25) is 0 Å². The maximum Gasteiger partial charge on any atom is 0.338 e. The molecular weight excluding hydrogens is 207 g/mol. The zero-order valence-corrected chi connectivity index (χ0v) is 9.71. The van der Waals surface area contributed by atoms with Crippen LogP contribution in [0.15, 0.2) is 18.2 Å². The number of aryl methyl sites for hydroxylation is 1. The molecule has 0 N–H and O–H groups in total. The predicted octanol–water partition coefficient (Wildman–Crippen LogP) is 3.09. The van der Waals surface area contributed by atoms with Crippen LogP contribution >= 0.6 is 0 Å². The highest BCUT2D eigenvalue weighted by Gasteiger charge is 2.50. The first-order valence-corrected chi connectivity index (χ1v) is 5.42. The molecule has 86 valence electrons. The number of ether oxygens (including phenoxy) is 1. The third kappa shape index (κ3) is 1.94. The Hall–Kier alpha value is -1.38. The van der Waals surface area contributed by atoms with E-state index in [1.165, 1.54) is 18.2 Å². The Morgan fingerprint density at radius 2 is 2.19 bits per heavy atom. The molecule has 2 rings (SSSR count). The number of rotatable bonds is 2. The van der Waals surface area contributed by atoms with Gasteiger partial charge in [0, 0.05) is 0 Å². The highest BCUT2D eigenvalue weighted by atomic mass is 19.1. The third-order valence-corrected chi connectivity index (χ3v) is 3.31. The summed E-state index contributed by atoms with van der Waals surface area (Å²) in [5.74, 6) is -0.254. The quantitative estimate of drug-likeness (QED) is 0.719. The van der Waals surface area contributed by atoms with Gasteiger partial charge in [-0.05, 0) is 49.9 Å². The summed E-state index contributed by atoms with van der Waals surface area (Å²) in [6, 6.07) is 4.28. The fourth-order valence-electron chi connectivity index (χ4n) is 1.73. The van der Waals surface area contributed by atoms with Crippen LogP contribution in [-0.4, -0.2) is 11.6 Å². The zero-order chi connectivity index (χ0) is 11.9. The van der Waals surface area contributed by atoms with Crippen LogP contribution < -0.4 is 0 Å². The Morgan fingerprint density at radius 3 is 2.69 bits per heavy atom. The predicted molar refractivity (Wildman–Crippen MR) is 58.7 cm³/mol. The lowest BCUT2D eigenvalue weighted by Gasteiger charge is -2.12. The molecule has 1 aliphatic carbocycles. The number of carbonyl (C=O) groups excluding carboxylic acids is 1. The molecule has 0 aliphatic heterocycles. The van der Waals surface area contributed by atoms with Crippen molar-refractivity contribution in [2.45, 2.75) is 32.8 Å². The molecule has 1 aromatic carbocycles. The van der Waals surface area contributed by atoms with Gasteiger partial charge in [-0.1, -0.05) is 6.92 Å². The molecule has 1 fully saturated rings. The molecule has 1 aliphatic rings. The zero-order valence-electron chi connectivity index (χ0n) is 9.71. The lowest BCUT2D eigenvalue weighted by molar-refractivity contribution is 0.0238. The van der Waals surface area contributed by atoms with Crippen LogP contribution in [-0.2, 0) is 4.74 Å². The number of esters is 1. The summed E-state index contributed by atoms with van der Waals surface area (Å²) in [7, 11) is 0. The van der Waals surface area contributed by atoms with Crippen molar-refractivity contribution in [3.63, 3.8) is 0 Å². The van der Waals surface area contributed by atoms with E-state index in [9.17, 15) is 9.18 Å². The Bertz CT molecular complexity index is 442. The normalized spacial score (nSPS) is 27.6. The summed E-state index contributed by atoms with van der Waals surface area (Å²) >= 11 is 0. The molecule has 1 aromatic rings. The minimum absolute atomic E-state index is 0.303. The smallest absolute Gasteiger partial charge is 0.338 e. The van der Waals surface area contributed by atoms with E-state index in [2.05, 4.69) is 0 Å². The Labute approximate surface area is 94.4 Å². The van der Waals surface area contributed by atoms with E-state index >= 15 is 0 Å². The molecule has 0 saturated heterocycles. The molecule has 2 nitrogen and oxygen atoms in total. The van der Waals surface area contributed by atoms with E-state index in [1.807, 2.05) is 13.8 Å². The van der Waals surface area contributed by atoms with E-state index in [4.69, 9.17) is 4.74 Å². The standard InChI is InChI=1S/C13H15FO2/c1-8-6-10(4-5-11(8)14)12(15)16-13(3)7-9(13)2/h4-6,9H,7H2,1-3H3. The van der Waals surface area contributed by atoms with Crippen LogP contribution in [0.5, 0.6) is 0 Å². The van der Waals surface area contributed by atoms with Gasteiger partial charge in [-0.3, -0.25) is 0 Å². The molecule has 1 saturated carbocycles. The van der Waals surface area contributed by atoms with Gasteiger partial charge in [0.05, 0.1) is 5.56 Å². The monoisotopic (exact) mass is 222 g/mol. The van der Waals surface area contributed by atoms with Crippen molar-refractivity contribution in [1.82, 2.24) is 0 Å². The highest BCUT2D eigenvalue weighted by Crippen LogP contribution is 2.46. The third-order valence-electron chi connectivity index (χ3n) is 3.31. The lowest BCUT2D eigenvalue weighted by Crippen LogP contribution is -2.18. The van der Waals surface area contributed by atoms with Crippen molar-refractivity contribution in [3.8, 4) is 0 Å². The molecule has 0 radical (unpaired) electrons. The molecule has 16 heavy (non-hydrogen) atoms. The minimum atomic E-state index is -0.366. The van der Waals surface area contributed by atoms with Crippen LogP contribution in [0.25, 0.3) is 0 Å². The molecule has 0 spiro atoms. The second-order valence-electron chi connectivity index (χ2n) is 4.77. The summed E-state index contributed by atoms with van der Waals surface area (Å²) in [5, 5.41) is 0. The maximum atomic E-state index is 13.0. The SMILES string of the molecule is Cc1cc(C(=O)OC2(C)CC2C)ccc1F. The fraction of sp³-hybridized carbons (Fsp3) is 0.462. The lowest BCUT2D eigenvalue weighted by atomic mass is 10.1. The number of hydrogen-bond donors (Lipinski definition) is 0. The summed E-state index contributed by atoms with van der Waals surface area (Å²) in [5.41, 5.74) is 0.557. The minimum Gasteiger partial charge on any atom is -0.455 e. The van der Waals surface area contributed by atoms with Gasteiger partial charge in [-0.2, -0.15) is 0 Å². The van der Waals surface area contributed by atoms with Crippen molar-refractivity contribution in [2.75, 3.05) is 0 Å². The van der Waals surface area contributed by atoms with E-state index in [0.717, 1.165) is 6.42 Å². The summed E-state index contributed by atoms with van der Waals surface area (Å²) in [6.45, 7) is 5.60. The van der Waals surface area contributed by atoms with Gasteiger partial charge in [0.25, 0.3) is 0 Å². The molecule has 0 heterocycles. The highest BCUT2D eigenvalue weighted by molar-refractivity contribution is 5.90. The van der Waals surface area contributed by atoms with E-state index in [-0.39, 0.29) is 17.4 Å². The summed E-state index contributed by atoms with van der Waals surface area (Å²) in [4.78, 5) is 11.8. The first-order chi connectivity index (χ1) is 7.42. The average molecular weight is 222 g/mol. The fourth-order valence-corrected chi connectivity index (χ4v) is 1.73. The number of halogens is 1. The molecule has 2 atom stereocenters. The van der Waals surface area contributed by atoms with Crippen LogP contribution in [0.3, 0.4) is 0 Å². The van der Waals surface area contributed by atoms with E-state index in [0.29, 0.717) is 17.0 Å². The van der Waals surface area contributed by atoms with Gasteiger partial charge in [0.1, 0.15) is 11.4 Å². The van der Waals surface area contributed by atoms with E-state index < -0.39 is 0 Å². The van der Waals surface area contributed by atoms with Crippen LogP contribution in [0.1, 0.15) is 36.2 Å². The second-order valence-corrected chi connectivity index (χ2v) is 4.77. The van der Waals surface area contributed by atoms with Crippen LogP contribution in [0, 0.1) is 18.7 Å². The first kappa shape index (κ1) is 11.1. The summed E-state index contributed by atoms with van der Waals surface area (Å²) < 4.78 is 18.4. The maximum absolute atomic E-state index is 13.0. The van der Waals surface area contributed by atoms with Crippen molar-refractivity contribution in [3.05, 3.63) is 35.1 Å². The second kappa shape index (κ2) is 3.58. The van der Waals surface area contributed by atoms with Gasteiger partial charge < -0.3 is 4.74 Å². The Balaban J connectivity index is 2.12. The van der Waals surface area contributed by atoms with Crippen molar-refractivity contribution >= 4 is 5.97 Å². The van der Waals surface area contributed by atoms with Crippen molar-refractivity contribution in [1.29, 1.82) is 0 Å². The van der Waals surface area contributed by atoms with Gasteiger partial charge in [0.15, 0.2) is 0 Å². The van der Waals surface area contributed by atoms with Crippen molar-refractivity contribution < 1.29 is 13.9 Å². The molecule has 0 amide bonds.